The predicted molar refractivity (Wildman–Crippen MR) is 70.1 cm³/mol. The van der Waals surface area contributed by atoms with Crippen molar-refractivity contribution in [3.8, 4) is 0 Å². The van der Waals surface area contributed by atoms with Crippen LogP contribution in [-0.2, 0) is 6.42 Å². The molecular weight excluding hydrogens is 208 g/mol. The predicted octanol–water partition coefficient (Wildman–Crippen LogP) is 3.46. The molecule has 1 aromatic heterocycles. The van der Waals surface area contributed by atoms with E-state index in [1.807, 2.05) is 6.20 Å². The van der Waals surface area contributed by atoms with Crippen molar-refractivity contribution in [2.75, 3.05) is 0 Å². The number of imidazole rings is 1. The molecule has 0 unspecified atom stereocenters. The summed E-state index contributed by atoms with van der Waals surface area (Å²) in [4.78, 5) is 7.45. The Labute approximate surface area is 100 Å². The maximum absolute atomic E-state index is 4.29. The molecule has 2 aromatic carbocycles. The van der Waals surface area contributed by atoms with Gasteiger partial charge in [-0.1, -0.05) is 42.0 Å². The molecule has 0 bridgehead atoms. The van der Waals surface area contributed by atoms with Crippen LogP contribution in [0.5, 0.6) is 0 Å². The molecule has 0 saturated carbocycles. The lowest BCUT2D eigenvalue weighted by Gasteiger charge is -2.07. The van der Waals surface area contributed by atoms with Crippen molar-refractivity contribution in [3.05, 3.63) is 65.7 Å². The number of benzene rings is 2. The topological polar surface area (TPSA) is 28.7 Å². The van der Waals surface area contributed by atoms with Gasteiger partial charge in [0.1, 0.15) is 5.82 Å². The monoisotopic (exact) mass is 222 g/mol. The smallest absolute Gasteiger partial charge is 0.110 e. The second-order valence-corrected chi connectivity index (χ2v) is 4.36. The van der Waals surface area contributed by atoms with Crippen LogP contribution in [0.1, 0.15) is 17.0 Å². The summed E-state index contributed by atoms with van der Waals surface area (Å²) in [6, 6.07) is 13.0. The number of rotatable bonds is 2. The average molecular weight is 222 g/mol. The highest BCUT2D eigenvalue weighted by atomic mass is 14.9. The van der Waals surface area contributed by atoms with Gasteiger partial charge in [-0.05, 0) is 23.3 Å². The van der Waals surface area contributed by atoms with Crippen LogP contribution in [0.4, 0.5) is 0 Å². The Bertz CT molecular complexity index is 639. The number of fused-ring (bicyclic) bond motifs is 1. The molecule has 1 N–H and O–H groups in total. The van der Waals surface area contributed by atoms with Gasteiger partial charge in [0.05, 0.1) is 0 Å². The second kappa shape index (κ2) is 4.06. The van der Waals surface area contributed by atoms with Crippen LogP contribution in [0.25, 0.3) is 10.8 Å². The molecule has 1 heterocycles. The third-order valence-corrected chi connectivity index (χ3v) is 3.00. The lowest BCUT2D eigenvalue weighted by atomic mass is 9.99. The largest absolute Gasteiger partial charge is 0.348 e. The van der Waals surface area contributed by atoms with Gasteiger partial charge in [-0.3, -0.25) is 0 Å². The van der Waals surface area contributed by atoms with E-state index in [1.54, 1.807) is 6.20 Å². The van der Waals surface area contributed by atoms with Gasteiger partial charge in [0.2, 0.25) is 0 Å². The van der Waals surface area contributed by atoms with Gasteiger partial charge in [-0.15, -0.1) is 0 Å². The number of nitrogens with zero attached hydrogens (tertiary/aromatic N) is 1. The first-order chi connectivity index (χ1) is 8.33. The van der Waals surface area contributed by atoms with Gasteiger partial charge in [0, 0.05) is 18.8 Å². The van der Waals surface area contributed by atoms with Gasteiger partial charge in [-0.25, -0.2) is 4.98 Å². The fraction of sp³-hybridized carbons (Fsp3) is 0.133. The van der Waals surface area contributed by atoms with Crippen molar-refractivity contribution < 1.29 is 0 Å². The molecule has 2 nitrogen and oxygen atoms in total. The number of aryl methyl sites for hydroxylation is 1. The molecule has 17 heavy (non-hydrogen) atoms. The Morgan fingerprint density at radius 1 is 1.18 bits per heavy atom. The molecule has 3 rings (SSSR count). The average Bonchev–Trinajstić information content (AvgIpc) is 2.81. The van der Waals surface area contributed by atoms with E-state index in [4.69, 9.17) is 0 Å². The molecule has 0 fully saturated rings. The summed E-state index contributed by atoms with van der Waals surface area (Å²) in [5, 5.41) is 2.61. The zero-order chi connectivity index (χ0) is 11.7. The molecule has 0 atom stereocenters. The highest BCUT2D eigenvalue weighted by molar-refractivity contribution is 5.86. The van der Waals surface area contributed by atoms with Crippen LogP contribution < -0.4 is 0 Å². The van der Waals surface area contributed by atoms with E-state index in [0.717, 1.165) is 12.2 Å². The van der Waals surface area contributed by atoms with Crippen molar-refractivity contribution in [2.45, 2.75) is 13.3 Å². The minimum Gasteiger partial charge on any atom is -0.348 e. The summed E-state index contributed by atoms with van der Waals surface area (Å²) in [6.07, 6.45) is 4.52. The number of H-pyrrole nitrogens is 1. The SMILES string of the molecule is Cc1cc(Cc2ncc[nH]2)c2ccccc2c1. The van der Waals surface area contributed by atoms with Crippen molar-refractivity contribution in [1.82, 2.24) is 9.97 Å². The van der Waals surface area contributed by atoms with Crippen LogP contribution in [-0.4, -0.2) is 9.97 Å². The number of aromatic amines is 1. The Hall–Kier alpha value is -2.09. The summed E-state index contributed by atoms with van der Waals surface area (Å²) in [5.74, 6) is 1.01. The molecule has 84 valence electrons. The lowest BCUT2D eigenvalue weighted by Crippen LogP contribution is -1.93. The maximum Gasteiger partial charge on any atom is 0.110 e. The molecule has 0 amide bonds. The van der Waals surface area contributed by atoms with E-state index in [0.29, 0.717) is 0 Å². The first-order valence-electron chi connectivity index (χ1n) is 5.79. The zero-order valence-electron chi connectivity index (χ0n) is 9.77. The summed E-state index contributed by atoms with van der Waals surface area (Å²) in [6.45, 7) is 2.14. The quantitative estimate of drug-likeness (QED) is 0.706. The van der Waals surface area contributed by atoms with Crippen LogP contribution >= 0.6 is 0 Å². The van der Waals surface area contributed by atoms with Gasteiger partial charge >= 0.3 is 0 Å². The Morgan fingerprint density at radius 3 is 2.88 bits per heavy atom. The zero-order valence-corrected chi connectivity index (χ0v) is 9.77. The van der Waals surface area contributed by atoms with Gasteiger partial charge < -0.3 is 4.98 Å². The summed E-state index contributed by atoms with van der Waals surface area (Å²) < 4.78 is 0. The van der Waals surface area contributed by atoms with Gasteiger partial charge in [0.15, 0.2) is 0 Å². The standard InChI is InChI=1S/C15H14N2/c1-11-8-12-4-2-3-5-14(12)13(9-11)10-15-16-6-7-17-15/h2-9H,10H2,1H3,(H,16,17). The molecule has 0 aliphatic rings. The Balaban J connectivity index is 2.14. The summed E-state index contributed by atoms with van der Waals surface area (Å²) >= 11 is 0. The maximum atomic E-state index is 4.29. The molecule has 2 heteroatoms. The second-order valence-electron chi connectivity index (χ2n) is 4.36. The lowest BCUT2D eigenvalue weighted by molar-refractivity contribution is 1.03. The number of aromatic nitrogens is 2. The molecule has 0 aliphatic heterocycles. The van der Waals surface area contributed by atoms with E-state index >= 15 is 0 Å². The van der Waals surface area contributed by atoms with Crippen molar-refractivity contribution in [2.24, 2.45) is 0 Å². The van der Waals surface area contributed by atoms with Crippen LogP contribution in [0.15, 0.2) is 48.8 Å². The molecule has 0 saturated heterocycles. The Morgan fingerprint density at radius 2 is 2.06 bits per heavy atom. The molecule has 0 radical (unpaired) electrons. The van der Waals surface area contributed by atoms with E-state index < -0.39 is 0 Å². The highest BCUT2D eigenvalue weighted by Gasteiger charge is 2.04. The number of nitrogens with one attached hydrogen (secondary N) is 1. The van der Waals surface area contributed by atoms with Crippen LogP contribution in [0, 0.1) is 6.92 Å². The molecule has 3 aromatic rings. The Kier molecular flexibility index (Phi) is 2.41. The first-order valence-corrected chi connectivity index (χ1v) is 5.79. The number of hydrogen-bond acceptors (Lipinski definition) is 1. The third-order valence-electron chi connectivity index (χ3n) is 3.00. The van der Waals surface area contributed by atoms with Crippen molar-refractivity contribution >= 4 is 10.8 Å². The van der Waals surface area contributed by atoms with E-state index in [-0.39, 0.29) is 0 Å². The van der Waals surface area contributed by atoms with Crippen molar-refractivity contribution in [3.63, 3.8) is 0 Å². The summed E-state index contributed by atoms with van der Waals surface area (Å²) in [7, 11) is 0. The van der Waals surface area contributed by atoms with E-state index in [2.05, 4.69) is 53.3 Å². The first kappa shape index (κ1) is 10.1. The number of hydrogen-bond donors (Lipinski definition) is 1. The minimum absolute atomic E-state index is 0.856. The third kappa shape index (κ3) is 1.94. The highest BCUT2D eigenvalue weighted by Crippen LogP contribution is 2.22. The van der Waals surface area contributed by atoms with Crippen LogP contribution in [0.3, 0.4) is 0 Å². The van der Waals surface area contributed by atoms with Gasteiger partial charge in [-0.2, -0.15) is 0 Å². The summed E-state index contributed by atoms with van der Waals surface area (Å²) in [5.41, 5.74) is 2.63. The normalized spacial score (nSPS) is 10.9. The van der Waals surface area contributed by atoms with Crippen molar-refractivity contribution in [1.29, 1.82) is 0 Å². The fourth-order valence-corrected chi connectivity index (χ4v) is 2.28. The van der Waals surface area contributed by atoms with Crippen LogP contribution in [0.2, 0.25) is 0 Å². The van der Waals surface area contributed by atoms with E-state index in [1.165, 1.54) is 21.9 Å². The van der Waals surface area contributed by atoms with Gasteiger partial charge in [0.25, 0.3) is 0 Å². The minimum atomic E-state index is 0.856. The molecular formula is C15H14N2. The molecule has 0 aliphatic carbocycles. The molecule has 0 spiro atoms. The fourth-order valence-electron chi connectivity index (χ4n) is 2.28. The van der Waals surface area contributed by atoms with E-state index in [9.17, 15) is 0 Å².